The van der Waals surface area contributed by atoms with Gasteiger partial charge in [0.05, 0.1) is 15.8 Å². The van der Waals surface area contributed by atoms with Gasteiger partial charge in [-0.3, -0.25) is 0 Å². The molecule has 0 bridgehead atoms. The van der Waals surface area contributed by atoms with Crippen molar-refractivity contribution in [3.05, 3.63) is 21.3 Å². The van der Waals surface area contributed by atoms with Crippen LogP contribution in [0.25, 0.3) is 0 Å². The van der Waals surface area contributed by atoms with Crippen LogP contribution in [0.4, 0.5) is 0 Å². The normalized spacial score (nSPS) is 21.3. The van der Waals surface area contributed by atoms with E-state index in [1.807, 2.05) is 6.07 Å². The summed E-state index contributed by atoms with van der Waals surface area (Å²) >= 11 is 7.22. The van der Waals surface area contributed by atoms with Crippen LogP contribution >= 0.6 is 22.9 Å². The quantitative estimate of drug-likeness (QED) is 0.871. The van der Waals surface area contributed by atoms with Gasteiger partial charge < -0.3 is 5.11 Å². The number of hydrogen-bond acceptors (Lipinski definition) is 3. The molecule has 2 nitrogen and oxygen atoms in total. The summed E-state index contributed by atoms with van der Waals surface area (Å²) in [7, 11) is 0. The van der Waals surface area contributed by atoms with Crippen molar-refractivity contribution in [2.45, 2.75) is 38.2 Å². The van der Waals surface area contributed by atoms with E-state index in [1.165, 1.54) is 17.8 Å². The van der Waals surface area contributed by atoms with Gasteiger partial charge in [0.25, 0.3) is 0 Å². The zero-order valence-corrected chi connectivity index (χ0v) is 10.5. The van der Waals surface area contributed by atoms with E-state index in [2.05, 4.69) is 6.07 Å². The Bertz CT molecular complexity index is 403. The molecule has 0 radical (unpaired) electrons. The van der Waals surface area contributed by atoms with Crippen LogP contribution in [0.2, 0.25) is 4.34 Å². The molecule has 1 fully saturated rings. The molecule has 2 rings (SSSR count). The highest BCUT2D eigenvalue weighted by Crippen LogP contribution is 2.47. The lowest BCUT2D eigenvalue weighted by atomic mass is 9.71. The maximum absolute atomic E-state index is 10.3. The number of aliphatic hydroxyl groups excluding tert-OH is 1. The highest BCUT2D eigenvalue weighted by molar-refractivity contribution is 7.16. The van der Waals surface area contributed by atoms with Crippen molar-refractivity contribution < 1.29 is 5.11 Å². The first-order valence-corrected chi connectivity index (χ1v) is 6.72. The fourth-order valence-electron chi connectivity index (χ4n) is 2.38. The first kappa shape index (κ1) is 11.9. The lowest BCUT2D eigenvalue weighted by Gasteiger charge is -2.34. The summed E-state index contributed by atoms with van der Waals surface area (Å²) in [5.41, 5.74) is -0.591. The second-order valence-electron chi connectivity index (χ2n) is 4.37. The van der Waals surface area contributed by atoms with Gasteiger partial charge >= 0.3 is 0 Å². The van der Waals surface area contributed by atoms with Crippen LogP contribution in [0.15, 0.2) is 12.1 Å². The molecule has 1 unspecified atom stereocenters. The Balaban J connectivity index is 2.24. The average molecular weight is 256 g/mol. The van der Waals surface area contributed by atoms with Gasteiger partial charge in [0.2, 0.25) is 0 Å². The zero-order chi connectivity index (χ0) is 11.6. The van der Waals surface area contributed by atoms with Crippen molar-refractivity contribution in [3.8, 4) is 6.07 Å². The molecule has 86 valence electrons. The van der Waals surface area contributed by atoms with Crippen molar-refractivity contribution in [2.75, 3.05) is 0 Å². The van der Waals surface area contributed by atoms with E-state index in [0.29, 0.717) is 4.34 Å². The smallest absolute Gasteiger partial charge is 0.107 e. The van der Waals surface area contributed by atoms with Crippen molar-refractivity contribution in [1.82, 2.24) is 0 Å². The highest BCUT2D eigenvalue weighted by Gasteiger charge is 2.40. The van der Waals surface area contributed by atoms with Gasteiger partial charge in [-0.15, -0.1) is 11.3 Å². The number of nitrogens with zero attached hydrogens (tertiary/aromatic N) is 1. The van der Waals surface area contributed by atoms with Gasteiger partial charge in [-0.25, -0.2) is 0 Å². The second-order valence-corrected chi connectivity index (χ2v) is 6.12. The Morgan fingerprint density at radius 3 is 2.56 bits per heavy atom. The molecule has 4 heteroatoms. The van der Waals surface area contributed by atoms with Crippen LogP contribution < -0.4 is 0 Å². The number of nitriles is 1. The molecule has 1 aliphatic carbocycles. The standard InChI is InChI=1S/C12H14ClNOS/c13-10-5-4-9(16-10)11(15)12(8-14)6-2-1-3-7-12/h4-5,11,15H,1-3,6-7H2. The molecule has 0 amide bonds. The van der Waals surface area contributed by atoms with Crippen molar-refractivity contribution in [1.29, 1.82) is 5.26 Å². The maximum atomic E-state index is 10.3. The van der Waals surface area contributed by atoms with E-state index in [0.717, 1.165) is 30.6 Å². The van der Waals surface area contributed by atoms with Gasteiger partial charge in [0.15, 0.2) is 0 Å². The molecule has 0 saturated heterocycles. The molecular weight excluding hydrogens is 242 g/mol. The Labute approximate surface area is 104 Å². The molecule has 1 aliphatic rings. The molecule has 16 heavy (non-hydrogen) atoms. The molecule has 1 heterocycles. The largest absolute Gasteiger partial charge is 0.386 e. The summed E-state index contributed by atoms with van der Waals surface area (Å²) in [6.07, 6.45) is 4.13. The summed E-state index contributed by atoms with van der Waals surface area (Å²) in [6, 6.07) is 5.94. The van der Waals surface area contributed by atoms with Gasteiger partial charge in [-0.1, -0.05) is 30.9 Å². The van der Waals surface area contributed by atoms with Crippen LogP contribution in [-0.2, 0) is 0 Å². The average Bonchev–Trinajstić information content (AvgIpc) is 2.76. The van der Waals surface area contributed by atoms with Gasteiger partial charge in [-0.05, 0) is 25.0 Å². The van der Waals surface area contributed by atoms with Crippen LogP contribution in [0.1, 0.15) is 43.1 Å². The molecule has 1 saturated carbocycles. The highest BCUT2D eigenvalue weighted by atomic mass is 35.5. The van der Waals surface area contributed by atoms with Crippen LogP contribution in [0.3, 0.4) is 0 Å². The second kappa shape index (κ2) is 4.75. The fraction of sp³-hybridized carbons (Fsp3) is 0.583. The Morgan fingerprint density at radius 1 is 1.38 bits per heavy atom. The predicted octanol–water partition coefficient (Wildman–Crippen LogP) is 3.91. The minimum Gasteiger partial charge on any atom is -0.386 e. The number of aliphatic hydroxyl groups is 1. The zero-order valence-electron chi connectivity index (χ0n) is 8.95. The van der Waals surface area contributed by atoms with Gasteiger partial charge in [-0.2, -0.15) is 5.26 Å². The molecule has 1 aromatic rings. The summed E-state index contributed by atoms with van der Waals surface area (Å²) in [5.74, 6) is 0. The molecule has 0 spiro atoms. The van der Waals surface area contributed by atoms with Crippen molar-refractivity contribution in [2.24, 2.45) is 5.41 Å². The molecule has 0 aliphatic heterocycles. The van der Waals surface area contributed by atoms with Crippen LogP contribution in [0.5, 0.6) is 0 Å². The third kappa shape index (κ3) is 2.10. The summed E-state index contributed by atoms with van der Waals surface area (Å²) in [6.45, 7) is 0. The summed E-state index contributed by atoms with van der Waals surface area (Å²) in [4.78, 5) is 0.813. The molecule has 1 aromatic heterocycles. The number of halogens is 1. The molecule has 1 N–H and O–H groups in total. The van der Waals surface area contributed by atoms with Crippen LogP contribution in [-0.4, -0.2) is 5.11 Å². The van der Waals surface area contributed by atoms with Crippen molar-refractivity contribution in [3.63, 3.8) is 0 Å². The third-order valence-electron chi connectivity index (χ3n) is 3.36. The van der Waals surface area contributed by atoms with Crippen LogP contribution in [0, 0.1) is 16.7 Å². The van der Waals surface area contributed by atoms with Gasteiger partial charge in [0.1, 0.15) is 6.10 Å². The maximum Gasteiger partial charge on any atom is 0.107 e. The predicted molar refractivity (Wildman–Crippen MR) is 65.4 cm³/mol. The molecule has 0 aromatic carbocycles. The van der Waals surface area contributed by atoms with E-state index in [-0.39, 0.29) is 0 Å². The Kier molecular flexibility index (Phi) is 3.53. The minimum atomic E-state index is -0.685. The summed E-state index contributed by atoms with van der Waals surface area (Å²) in [5, 5.41) is 19.7. The summed E-state index contributed by atoms with van der Waals surface area (Å²) < 4.78 is 0.665. The lowest BCUT2D eigenvalue weighted by molar-refractivity contribution is 0.0387. The SMILES string of the molecule is N#CC1(C(O)c2ccc(Cl)s2)CCCCC1. The topological polar surface area (TPSA) is 44.0 Å². The minimum absolute atomic E-state index is 0.591. The van der Waals surface area contributed by atoms with Crippen molar-refractivity contribution >= 4 is 22.9 Å². The first-order chi connectivity index (χ1) is 7.68. The number of rotatable bonds is 2. The van der Waals surface area contributed by atoms with Gasteiger partial charge in [0, 0.05) is 4.88 Å². The Morgan fingerprint density at radius 2 is 2.06 bits per heavy atom. The Hall–Kier alpha value is -0.560. The lowest BCUT2D eigenvalue weighted by Crippen LogP contribution is -2.29. The monoisotopic (exact) mass is 255 g/mol. The van der Waals surface area contributed by atoms with E-state index < -0.39 is 11.5 Å². The number of thiophene rings is 1. The number of hydrogen-bond donors (Lipinski definition) is 1. The van der Waals surface area contributed by atoms with E-state index in [4.69, 9.17) is 11.6 Å². The fourth-order valence-corrected chi connectivity index (χ4v) is 3.54. The third-order valence-corrected chi connectivity index (χ3v) is 4.64. The van der Waals surface area contributed by atoms with E-state index >= 15 is 0 Å². The molecular formula is C12H14ClNOS. The molecule has 1 atom stereocenters. The first-order valence-electron chi connectivity index (χ1n) is 5.52. The van der Waals surface area contributed by atoms with E-state index in [1.54, 1.807) is 6.07 Å². The van der Waals surface area contributed by atoms with E-state index in [9.17, 15) is 10.4 Å².